The quantitative estimate of drug-likeness (QED) is 0.481. The van der Waals surface area contributed by atoms with E-state index in [0.717, 1.165) is 5.39 Å². The molecule has 3 rings (SSSR count). The van der Waals surface area contributed by atoms with Crippen LogP contribution in [-0.2, 0) is 20.7 Å². The van der Waals surface area contributed by atoms with Gasteiger partial charge in [0.15, 0.2) is 0 Å². The molecule has 1 aromatic heterocycles. The van der Waals surface area contributed by atoms with Crippen LogP contribution in [0.2, 0.25) is 0 Å². The third-order valence-electron chi connectivity index (χ3n) is 4.45. The normalized spacial score (nSPS) is 11.1. The van der Waals surface area contributed by atoms with Crippen molar-refractivity contribution in [3.8, 4) is 0 Å². The number of nitrogens with zero attached hydrogens (tertiary/aromatic N) is 1. The summed E-state index contributed by atoms with van der Waals surface area (Å²) >= 11 is 0. The van der Waals surface area contributed by atoms with Crippen LogP contribution in [0, 0.1) is 0 Å². The molecule has 7 heteroatoms. The molecular formula is C24H24N2O5. The third-order valence-corrected chi connectivity index (χ3v) is 4.45. The Morgan fingerprint density at radius 3 is 2.23 bits per heavy atom. The Balaban J connectivity index is 1.85. The van der Waals surface area contributed by atoms with E-state index in [1.54, 1.807) is 51.1 Å². The van der Waals surface area contributed by atoms with Gasteiger partial charge in [-0.05, 0) is 56.0 Å². The van der Waals surface area contributed by atoms with Crippen LogP contribution in [0.4, 0.5) is 10.5 Å². The minimum Gasteiger partial charge on any atom is -0.469 e. The zero-order valence-corrected chi connectivity index (χ0v) is 17.9. The number of rotatable bonds is 5. The number of hydrogen-bond acceptors (Lipinski definition) is 6. The maximum Gasteiger partial charge on any atom is 0.412 e. The molecule has 1 heterocycles. The number of amides is 1. The second kappa shape index (κ2) is 8.95. The summed E-state index contributed by atoms with van der Waals surface area (Å²) < 4.78 is 9.97. The summed E-state index contributed by atoms with van der Waals surface area (Å²) in [7, 11) is 1.33. The lowest BCUT2D eigenvalue weighted by Gasteiger charge is -2.19. The first-order chi connectivity index (χ1) is 14.7. The van der Waals surface area contributed by atoms with Crippen molar-refractivity contribution in [1.29, 1.82) is 0 Å². The molecule has 2 aromatic carbocycles. The fourth-order valence-corrected chi connectivity index (χ4v) is 3.06. The molecule has 0 saturated heterocycles. The van der Waals surface area contributed by atoms with Crippen molar-refractivity contribution in [3.63, 3.8) is 0 Å². The Labute approximate surface area is 180 Å². The minimum atomic E-state index is -0.604. The molecule has 0 fully saturated rings. The molecule has 0 atom stereocenters. The van der Waals surface area contributed by atoms with Gasteiger partial charge in [0, 0.05) is 22.8 Å². The van der Waals surface area contributed by atoms with Gasteiger partial charge in [-0.25, -0.2) is 4.79 Å². The van der Waals surface area contributed by atoms with E-state index in [0.29, 0.717) is 22.2 Å². The third kappa shape index (κ3) is 5.45. The van der Waals surface area contributed by atoms with Gasteiger partial charge in [-0.1, -0.05) is 24.3 Å². The summed E-state index contributed by atoms with van der Waals surface area (Å²) in [5.41, 5.74) is 1.31. The van der Waals surface area contributed by atoms with Gasteiger partial charge in [0.05, 0.1) is 13.5 Å². The Kier molecular flexibility index (Phi) is 6.34. The fraction of sp³-hybridized carbons (Fsp3) is 0.250. The first-order valence-electron chi connectivity index (χ1n) is 9.76. The van der Waals surface area contributed by atoms with E-state index in [1.807, 2.05) is 18.2 Å². The van der Waals surface area contributed by atoms with Crippen molar-refractivity contribution in [3.05, 3.63) is 71.5 Å². The molecular weight excluding hydrogens is 396 g/mol. The number of benzene rings is 2. The number of anilines is 1. The molecule has 0 unspecified atom stereocenters. The van der Waals surface area contributed by atoms with E-state index in [4.69, 9.17) is 9.47 Å². The van der Waals surface area contributed by atoms with Crippen molar-refractivity contribution >= 4 is 34.3 Å². The highest BCUT2D eigenvalue weighted by Gasteiger charge is 2.19. The van der Waals surface area contributed by atoms with Crippen LogP contribution >= 0.6 is 0 Å². The molecule has 0 bridgehead atoms. The van der Waals surface area contributed by atoms with Gasteiger partial charge in [0.25, 0.3) is 0 Å². The van der Waals surface area contributed by atoms with Crippen LogP contribution in [0.25, 0.3) is 10.8 Å². The van der Waals surface area contributed by atoms with Gasteiger partial charge >= 0.3 is 12.1 Å². The van der Waals surface area contributed by atoms with Crippen LogP contribution in [0.5, 0.6) is 0 Å². The summed E-state index contributed by atoms with van der Waals surface area (Å²) in [5.74, 6) is -0.635. The molecule has 0 aliphatic rings. The monoisotopic (exact) mass is 420 g/mol. The topological polar surface area (TPSA) is 94.6 Å². The Morgan fingerprint density at radius 1 is 0.968 bits per heavy atom. The number of pyridine rings is 1. The number of methoxy groups -OCH3 is 1. The van der Waals surface area contributed by atoms with Crippen molar-refractivity contribution in [2.45, 2.75) is 32.8 Å². The van der Waals surface area contributed by atoms with Gasteiger partial charge in [-0.3, -0.25) is 19.9 Å². The molecule has 0 radical (unpaired) electrons. The molecule has 160 valence electrons. The van der Waals surface area contributed by atoms with E-state index in [9.17, 15) is 14.4 Å². The van der Waals surface area contributed by atoms with Crippen LogP contribution in [0.3, 0.4) is 0 Å². The van der Waals surface area contributed by atoms with Crippen LogP contribution in [0.15, 0.2) is 54.7 Å². The first-order valence-corrected chi connectivity index (χ1v) is 9.76. The van der Waals surface area contributed by atoms with Gasteiger partial charge in [-0.15, -0.1) is 0 Å². The smallest absolute Gasteiger partial charge is 0.412 e. The maximum atomic E-state index is 13.1. The van der Waals surface area contributed by atoms with E-state index in [-0.39, 0.29) is 23.9 Å². The summed E-state index contributed by atoms with van der Waals surface area (Å²) in [4.78, 5) is 41.0. The molecule has 1 amide bonds. The maximum absolute atomic E-state index is 13.1. The Bertz CT molecular complexity index is 1130. The number of aromatic nitrogens is 1. The lowest BCUT2D eigenvalue weighted by atomic mass is 9.98. The molecule has 0 spiro atoms. The Morgan fingerprint density at radius 2 is 1.61 bits per heavy atom. The number of hydrogen-bond donors (Lipinski definition) is 1. The SMILES string of the molecule is COC(=O)Cc1cnc(C(=O)c2ccc(NC(=O)OC(C)(C)C)cc2)c2ccccc12. The summed E-state index contributed by atoms with van der Waals surface area (Å²) in [6, 6.07) is 13.8. The van der Waals surface area contributed by atoms with Crippen LogP contribution in [0.1, 0.15) is 42.4 Å². The second-order valence-corrected chi connectivity index (χ2v) is 7.96. The average molecular weight is 420 g/mol. The van der Waals surface area contributed by atoms with E-state index >= 15 is 0 Å². The van der Waals surface area contributed by atoms with Crippen molar-refractivity contribution in [2.24, 2.45) is 0 Å². The lowest BCUT2D eigenvalue weighted by molar-refractivity contribution is -0.139. The molecule has 31 heavy (non-hydrogen) atoms. The largest absolute Gasteiger partial charge is 0.469 e. The lowest BCUT2D eigenvalue weighted by Crippen LogP contribution is -2.27. The zero-order chi connectivity index (χ0) is 22.6. The molecule has 0 aliphatic carbocycles. The van der Waals surface area contributed by atoms with Crippen molar-refractivity contribution < 1.29 is 23.9 Å². The standard InChI is InChI=1S/C24H24N2O5/c1-24(2,3)31-23(29)26-17-11-9-15(10-12-17)22(28)21-19-8-6-5-7-18(19)16(14-25-21)13-20(27)30-4/h5-12,14H,13H2,1-4H3,(H,26,29). The highest BCUT2D eigenvalue weighted by Crippen LogP contribution is 2.24. The van der Waals surface area contributed by atoms with Gasteiger partial charge in [-0.2, -0.15) is 0 Å². The predicted octanol–water partition coefficient (Wildman–Crippen LogP) is 4.53. The fourth-order valence-electron chi connectivity index (χ4n) is 3.06. The summed E-state index contributed by atoms with van der Waals surface area (Å²) in [6.07, 6.45) is 1.04. The van der Waals surface area contributed by atoms with E-state index in [1.165, 1.54) is 13.3 Å². The highest BCUT2D eigenvalue weighted by atomic mass is 16.6. The summed E-state index contributed by atoms with van der Waals surface area (Å²) in [5, 5.41) is 4.06. The van der Waals surface area contributed by atoms with Crippen LogP contribution in [-0.4, -0.2) is 35.5 Å². The molecule has 1 N–H and O–H groups in total. The Hall–Kier alpha value is -3.74. The zero-order valence-electron chi connectivity index (χ0n) is 17.9. The molecule has 0 aliphatic heterocycles. The number of carbonyl (C=O) groups excluding carboxylic acids is 3. The number of nitrogens with one attached hydrogen (secondary N) is 1. The van der Waals surface area contributed by atoms with Gasteiger partial charge in [0.1, 0.15) is 11.3 Å². The average Bonchev–Trinajstić information content (AvgIpc) is 2.72. The highest BCUT2D eigenvalue weighted by molar-refractivity contribution is 6.15. The van der Waals surface area contributed by atoms with Gasteiger partial charge in [0.2, 0.25) is 5.78 Å². The van der Waals surface area contributed by atoms with E-state index < -0.39 is 11.7 Å². The van der Waals surface area contributed by atoms with E-state index in [2.05, 4.69) is 10.3 Å². The van der Waals surface area contributed by atoms with Crippen LogP contribution < -0.4 is 5.32 Å². The van der Waals surface area contributed by atoms with Crippen molar-refractivity contribution in [1.82, 2.24) is 4.98 Å². The summed E-state index contributed by atoms with van der Waals surface area (Å²) in [6.45, 7) is 5.34. The number of ketones is 1. The molecule has 0 saturated carbocycles. The number of carbonyl (C=O) groups is 3. The molecule has 3 aromatic rings. The number of ether oxygens (including phenoxy) is 2. The molecule has 7 nitrogen and oxygen atoms in total. The number of fused-ring (bicyclic) bond motifs is 1. The second-order valence-electron chi connectivity index (χ2n) is 7.96. The number of esters is 1. The predicted molar refractivity (Wildman–Crippen MR) is 117 cm³/mol. The van der Waals surface area contributed by atoms with Crippen molar-refractivity contribution in [2.75, 3.05) is 12.4 Å². The first kappa shape index (κ1) is 22.0. The van der Waals surface area contributed by atoms with Gasteiger partial charge < -0.3 is 9.47 Å². The minimum absolute atomic E-state index is 0.0729.